The van der Waals surface area contributed by atoms with Crippen LogP contribution >= 0.6 is 0 Å². The maximum atomic E-state index is 5.76. The number of ether oxygens (including phenoxy) is 2. The molecule has 3 unspecified atom stereocenters. The van der Waals surface area contributed by atoms with Gasteiger partial charge >= 0.3 is 0 Å². The Labute approximate surface area is 86.2 Å². The van der Waals surface area contributed by atoms with Gasteiger partial charge in [-0.05, 0) is 33.1 Å². The van der Waals surface area contributed by atoms with Crippen molar-refractivity contribution in [2.24, 2.45) is 0 Å². The standard InChI is InChI=1S/C11H21NO2/c1-9-8-14-11(2,12-9)7-10-5-3-4-6-13-10/h9-10,12H,3-8H2,1-2H3. The minimum Gasteiger partial charge on any atom is -0.378 e. The van der Waals surface area contributed by atoms with Crippen LogP contribution in [0.2, 0.25) is 0 Å². The van der Waals surface area contributed by atoms with E-state index in [1.807, 2.05) is 0 Å². The molecular formula is C11H21NO2. The third kappa shape index (κ3) is 2.47. The second kappa shape index (κ2) is 4.17. The Morgan fingerprint density at radius 2 is 2.29 bits per heavy atom. The fourth-order valence-corrected chi connectivity index (χ4v) is 2.43. The summed E-state index contributed by atoms with van der Waals surface area (Å²) in [6.45, 7) is 6.04. The maximum absolute atomic E-state index is 5.76. The lowest BCUT2D eigenvalue weighted by atomic mass is 10.0. The Balaban J connectivity index is 1.83. The molecule has 2 heterocycles. The molecule has 0 amide bonds. The largest absolute Gasteiger partial charge is 0.378 e. The molecule has 0 aromatic heterocycles. The fourth-order valence-electron chi connectivity index (χ4n) is 2.43. The molecule has 2 aliphatic heterocycles. The van der Waals surface area contributed by atoms with E-state index >= 15 is 0 Å². The normalized spacial score (nSPS) is 44.1. The number of nitrogens with one attached hydrogen (secondary N) is 1. The minimum absolute atomic E-state index is 0.151. The average Bonchev–Trinajstić information content (AvgIpc) is 2.47. The molecule has 0 saturated carbocycles. The molecule has 0 bridgehead atoms. The summed E-state index contributed by atoms with van der Waals surface area (Å²) in [4.78, 5) is 0. The van der Waals surface area contributed by atoms with Crippen molar-refractivity contribution in [3.05, 3.63) is 0 Å². The van der Waals surface area contributed by atoms with Crippen LogP contribution in [0.25, 0.3) is 0 Å². The van der Waals surface area contributed by atoms with Crippen LogP contribution in [0, 0.1) is 0 Å². The van der Waals surface area contributed by atoms with E-state index < -0.39 is 0 Å². The zero-order chi connectivity index (χ0) is 10.0. The molecule has 3 atom stereocenters. The molecule has 1 N–H and O–H groups in total. The SMILES string of the molecule is CC1COC(C)(CC2CCCCO2)N1. The quantitative estimate of drug-likeness (QED) is 0.734. The third-order valence-corrected chi connectivity index (χ3v) is 3.09. The summed E-state index contributed by atoms with van der Waals surface area (Å²) in [5, 5.41) is 3.48. The van der Waals surface area contributed by atoms with Crippen LogP contribution in [0.15, 0.2) is 0 Å². The summed E-state index contributed by atoms with van der Waals surface area (Å²) in [5.74, 6) is 0. The molecule has 0 aromatic rings. The van der Waals surface area contributed by atoms with Crippen molar-refractivity contribution in [2.45, 2.75) is 57.4 Å². The molecule has 14 heavy (non-hydrogen) atoms. The van der Waals surface area contributed by atoms with Gasteiger partial charge in [0.1, 0.15) is 5.72 Å². The average molecular weight is 199 g/mol. The van der Waals surface area contributed by atoms with Gasteiger partial charge in [0.05, 0.1) is 12.7 Å². The van der Waals surface area contributed by atoms with Gasteiger partial charge in [-0.3, -0.25) is 5.32 Å². The molecular weight excluding hydrogens is 178 g/mol. The monoisotopic (exact) mass is 199 g/mol. The molecule has 0 spiro atoms. The van der Waals surface area contributed by atoms with Crippen molar-refractivity contribution in [3.8, 4) is 0 Å². The molecule has 2 aliphatic rings. The van der Waals surface area contributed by atoms with Gasteiger partial charge in [0.2, 0.25) is 0 Å². The topological polar surface area (TPSA) is 30.5 Å². The minimum atomic E-state index is -0.151. The second-order valence-corrected chi connectivity index (χ2v) is 4.78. The van der Waals surface area contributed by atoms with Crippen LogP contribution in [-0.2, 0) is 9.47 Å². The highest BCUT2D eigenvalue weighted by Gasteiger charge is 2.36. The summed E-state index contributed by atoms with van der Waals surface area (Å²) in [5.41, 5.74) is -0.151. The maximum Gasteiger partial charge on any atom is 0.119 e. The molecule has 0 radical (unpaired) electrons. The van der Waals surface area contributed by atoms with Crippen LogP contribution in [0.4, 0.5) is 0 Å². The number of hydrogen-bond acceptors (Lipinski definition) is 3. The molecule has 3 heteroatoms. The highest BCUT2D eigenvalue weighted by atomic mass is 16.5. The van der Waals surface area contributed by atoms with Crippen molar-refractivity contribution < 1.29 is 9.47 Å². The molecule has 3 nitrogen and oxygen atoms in total. The van der Waals surface area contributed by atoms with Gasteiger partial charge in [0.15, 0.2) is 0 Å². The van der Waals surface area contributed by atoms with Crippen LogP contribution in [0.3, 0.4) is 0 Å². The van der Waals surface area contributed by atoms with Crippen LogP contribution in [0.1, 0.15) is 39.5 Å². The van der Waals surface area contributed by atoms with Gasteiger partial charge in [-0.15, -0.1) is 0 Å². The van der Waals surface area contributed by atoms with E-state index in [1.165, 1.54) is 19.3 Å². The number of hydrogen-bond donors (Lipinski definition) is 1. The van der Waals surface area contributed by atoms with E-state index in [4.69, 9.17) is 9.47 Å². The van der Waals surface area contributed by atoms with Crippen molar-refractivity contribution in [3.63, 3.8) is 0 Å². The Morgan fingerprint density at radius 3 is 2.86 bits per heavy atom. The van der Waals surface area contributed by atoms with E-state index in [1.54, 1.807) is 0 Å². The zero-order valence-corrected chi connectivity index (χ0v) is 9.21. The van der Waals surface area contributed by atoms with E-state index in [0.717, 1.165) is 19.6 Å². The van der Waals surface area contributed by atoms with Gasteiger partial charge in [-0.2, -0.15) is 0 Å². The highest BCUT2D eigenvalue weighted by molar-refractivity contribution is 4.86. The fraction of sp³-hybridized carbons (Fsp3) is 1.00. The predicted octanol–water partition coefficient (Wildman–Crippen LogP) is 1.67. The first kappa shape index (κ1) is 10.4. The predicted molar refractivity (Wildman–Crippen MR) is 55.2 cm³/mol. The lowest BCUT2D eigenvalue weighted by Crippen LogP contribution is -2.44. The first-order valence-corrected chi connectivity index (χ1v) is 5.71. The summed E-state index contributed by atoms with van der Waals surface area (Å²) in [7, 11) is 0. The Morgan fingerprint density at radius 1 is 1.43 bits per heavy atom. The molecule has 2 saturated heterocycles. The zero-order valence-electron chi connectivity index (χ0n) is 9.21. The van der Waals surface area contributed by atoms with Gasteiger partial charge in [0.25, 0.3) is 0 Å². The Kier molecular flexibility index (Phi) is 3.10. The first-order valence-electron chi connectivity index (χ1n) is 5.71. The summed E-state index contributed by atoms with van der Waals surface area (Å²) in [6, 6.07) is 0.476. The second-order valence-electron chi connectivity index (χ2n) is 4.78. The highest BCUT2D eigenvalue weighted by Crippen LogP contribution is 2.26. The lowest BCUT2D eigenvalue weighted by Gasteiger charge is -2.31. The van der Waals surface area contributed by atoms with E-state index in [0.29, 0.717) is 12.1 Å². The first-order chi connectivity index (χ1) is 6.68. The Hall–Kier alpha value is -0.120. The van der Waals surface area contributed by atoms with E-state index in [2.05, 4.69) is 19.2 Å². The van der Waals surface area contributed by atoms with Crippen molar-refractivity contribution in [1.82, 2.24) is 5.32 Å². The van der Waals surface area contributed by atoms with Gasteiger partial charge < -0.3 is 9.47 Å². The smallest absolute Gasteiger partial charge is 0.119 e. The van der Waals surface area contributed by atoms with Crippen molar-refractivity contribution in [2.75, 3.05) is 13.2 Å². The van der Waals surface area contributed by atoms with E-state index in [-0.39, 0.29) is 5.72 Å². The third-order valence-electron chi connectivity index (χ3n) is 3.09. The lowest BCUT2D eigenvalue weighted by molar-refractivity contribution is -0.0678. The Bertz CT molecular complexity index is 192. The summed E-state index contributed by atoms with van der Waals surface area (Å²) >= 11 is 0. The summed E-state index contributed by atoms with van der Waals surface area (Å²) in [6.07, 6.45) is 5.09. The van der Waals surface area contributed by atoms with Crippen LogP contribution in [-0.4, -0.2) is 31.1 Å². The number of rotatable bonds is 2. The van der Waals surface area contributed by atoms with Gasteiger partial charge in [-0.1, -0.05) is 0 Å². The van der Waals surface area contributed by atoms with Crippen LogP contribution in [0.5, 0.6) is 0 Å². The van der Waals surface area contributed by atoms with Crippen molar-refractivity contribution in [1.29, 1.82) is 0 Å². The molecule has 2 rings (SSSR count). The molecule has 82 valence electrons. The van der Waals surface area contributed by atoms with Crippen molar-refractivity contribution >= 4 is 0 Å². The van der Waals surface area contributed by atoms with E-state index in [9.17, 15) is 0 Å². The molecule has 0 aromatic carbocycles. The van der Waals surface area contributed by atoms with Crippen LogP contribution < -0.4 is 5.32 Å². The summed E-state index contributed by atoms with van der Waals surface area (Å²) < 4.78 is 11.5. The molecule has 0 aliphatic carbocycles. The van der Waals surface area contributed by atoms with Gasteiger partial charge in [-0.25, -0.2) is 0 Å². The molecule has 2 fully saturated rings. The van der Waals surface area contributed by atoms with Gasteiger partial charge in [0, 0.05) is 19.1 Å².